The molecule has 0 N–H and O–H groups in total. The summed E-state index contributed by atoms with van der Waals surface area (Å²) in [5.74, 6) is -1.24. The zero-order valence-electron chi connectivity index (χ0n) is 22.7. The van der Waals surface area contributed by atoms with Gasteiger partial charge in [-0.3, -0.25) is 0 Å². The summed E-state index contributed by atoms with van der Waals surface area (Å²) in [7, 11) is 0. The Balaban J connectivity index is 2.50. The highest BCUT2D eigenvalue weighted by atomic mass is 35.5. The van der Waals surface area contributed by atoms with Gasteiger partial charge in [0.2, 0.25) is 0 Å². The molecule has 0 saturated heterocycles. The van der Waals surface area contributed by atoms with E-state index >= 15 is 0 Å². The van der Waals surface area contributed by atoms with E-state index in [1.54, 1.807) is 0 Å². The van der Waals surface area contributed by atoms with Gasteiger partial charge in [-0.1, -0.05) is 85.5 Å². The van der Waals surface area contributed by atoms with Crippen LogP contribution in [0.4, 0.5) is 0 Å². The molecule has 0 spiro atoms. The first-order chi connectivity index (χ1) is 15.3. The van der Waals surface area contributed by atoms with Crippen LogP contribution in [0.25, 0.3) is 0 Å². The summed E-state index contributed by atoms with van der Waals surface area (Å²) in [6.45, 7) is 25.4. The highest BCUT2D eigenvalue weighted by molar-refractivity contribution is 6.45. The van der Waals surface area contributed by atoms with Crippen molar-refractivity contribution >= 4 is 23.2 Å². The van der Waals surface area contributed by atoms with Gasteiger partial charge in [0.15, 0.2) is 4.84 Å². The average Bonchev–Trinajstić information content (AvgIpc) is 3.34. The van der Waals surface area contributed by atoms with E-state index in [4.69, 9.17) is 38.5 Å². The minimum absolute atomic E-state index is 0.151. The van der Waals surface area contributed by atoms with Gasteiger partial charge < -0.3 is 0 Å². The first kappa shape index (κ1) is 26.8. The predicted molar refractivity (Wildman–Crippen MR) is 141 cm³/mol. The second-order valence-electron chi connectivity index (χ2n) is 12.5. The number of rotatable bonds is 4. The Morgan fingerprint density at radius 3 is 0.941 bits per heavy atom. The lowest BCUT2D eigenvalue weighted by atomic mass is 9.92. The van der Waals surface area contributed by atoms with Crippen molar-refractivity contribution in [3.63, 3.8) is 0 Å². The fourth-order valence-corrected chi connectivity index (χ4v) is 4.62. The van der Waals surface area contributed by atoms with E-state index in [0.29, 0.717) is 0 Å². The quantitative estimate of drug-likeness (QED) is 0.374. The third-order valence-electron chi connectivity index (χ3n) is 6.20. The molecule has 0 unspecified atom stereocenters. The molecule has 8 heteroatoms. The molecule has 0 amide bonds. The third kappa shape index (κ3) is 4.44. The molecule has 3 aromatic heterocycles. The second kappa shape index (κ2) is 8.41. The van der Waals surface area contributed by atoms with E-state index in [9.17, 15) is 0 Å². The normalized spacial score (nSPS) is 13.9. The lowest BCUT2D eigenvalue weighted by molar-refractivity contribution is 0.120. The summed E-state index contributed by atoms with van der Waals surface area (Å²) in [6.07, 6.45) is 0. The van der Waals surface area contributed by atoms with Gasteiger partial charge in [0.1, 0.15) is 0 Å². The molecule has 6 nitrogen and oxygen atoms in total. The van der Waals surface area contributed by atoms with E-state index in [-0.39, 0.29) is 16.2 Å². The maximum Gasteiger partial charge on any atom is 0.280 e. The Morgan fingerprint density at radius 1 is 0.559 bits per heavy atom. The van der Waals surface area contributed by atoms with Gasteiger partial charge in [-0.05, 0) is 39.0 Å². The molecule has 0 bridgehead atoms. The Labute approximate surface area is 214 Å². The number of aryl methyl sites for hydroxylation is 3. The number of alkyl halides is 2. The van der Waals surface area contributed by atoms with Gasteiger partial charge in [-0.15, -0.1) is 0 Å². The van der Waals surface area contributed by atoms with Crippen LogP contribution in [0, 0.1) is 20.8 Å². The minimum Gasteiger partial charge on any atom is -0.219 e. The summed E-state index contributed by atoms with van der Waals surface area (Å²) in [4.78, 5) is -0.947. The van der Waals surface area contributed by atoms with Gasteiger partial charge in [0, 0.05) is 33.3 Å². The van der Waals surface area contributed by atoms with Crippen LogP contribution >= 0.6 is 23.2 Å². The smallest absolute Gasteiger partial charge is 0.219 e. The molecule has 0 aliphatic rings. The molecule has 3 rings (SSSR count). The largest absolute Gasteiger partial charge is 0.280 e. The number of halogens is 2. The molecule has 3 heterocycles. The zero-order valence-corrected chi connectivity index (χ0v) is 24.3. The summed E-state index contributed by atoms with van der Waals surface area (Å²) in [5.41, 5.74) is 5.17. The maximum absolute atomic E-state index is 6.97. The standard InChI is InChI=1S/C26H40Cl2N6/c1-16-13-19(23(4,5)6)29-32(16)26(22(27)28,33-17(2)14-20(30-33)24(7,8)9)34-18(3)15-21(31-34)25(10,11)12/h13-15,22H,1-12H3. The lowest BCUT2D eigenvalue weighted by Gasteiger charge is -2.38. The van der Waals surface area contributed by atoms with Crippen LogP contribution in [-0.2, 0) is 22.0 Å². The Bertz CT molecular complexity index is 1030. The van der Waals surface area contributed by atoms with E-state index in [1.807, 2.05) is 34.8 Å². The molecule has 0 radical (unpaired) electrons. The van der Waals surface area contributed by atoms with Crippen LogP contribution in [0.15, 0.2) is 18.2 Å². The van der Waals surface area contributed by atoms with Crippen molar-refractivity contribution in [2.75, 3.05) is 0 Å². The van der Waals surface area contributed by atoms with Crippen LogP contribution in [0.5, 0.6) is 0 Å². The van der Waals surface area contributed by atoms with Crippen molar-refractivity contribution in [2.45, 2.75) is 110 Å². The van der Waals surface area contributed by atoms with Crippen LogP contribution in [0.1, 0.15) is 96.5 Å². The van der Waals surface area contributed by atoms with Gasteiger partial charge >= 0.3 is 0 Å². The molecule has 0 aliphatic heterocycles. The zero-order chi connectivity index (χ0) is 26.0. The average molecular weight is 508 g/mol. The van der Waals surface area contributed by atoms with Gasteiger partial charge in [-0.2, -0.15) is 15.3 Å². The van der Waals surface area contributed by atoms with E-state index < -0.39 is 10.6 Å². The fraction of sp³-hybridized carbons (Fsp3) is 0.654. The molecular weight excluding hydrogens is 467 g/mol. The number of aromatic nitrogens is 6. The van der Waals surface area contributed by atoms with Crippen LogP contribution in [-0.4, -0.2) is 34.2 Å². The maximum atomic E-state index is 6.97. The summed E-state index contributed by atoms with van der Waals surface area (Å²) >= 11 is 13.9. The van der Waals surface area contributed by atoms with Crippen molar-refractivity contribution in [1.82, 2.24) is 29.3 Å². The molecule has 0 aliphatic carbocycles. The molecule has 3 aromatic rings. The van der Waals surface area contributed by atoms with E-state index in [0.717, 1.165) is 34.2 Å². The minimum atomic E-state index is -1.24. The fourth-order valence-electron chi connectivity index (χ4n) is 4.07. The predicted octanol–water partition coefficient (Wildman–Crippen LogP) is 6.60. The molecule has 0 saturated carbocycles. The summed E-state index contributed by atoms with van der Waals surface area (Å²) in [6, 6.07) is 6.29. The number of nitrogens with zero attached hydrogens (tertiary/aromatic N) is 6. The molecular formula is C26H40Cl2N6. The van der Waals surface area contributed by atoms with Crippen molar-refractivity contribution in [1.29, 1.82) is 0 Å². The topological polar surface area (TPSA) is 53.5 Å². The van der Waals surface area contributed by atoms with Crippen molar-refractivity contribution in [3.8, 4) is 0 Å². The first-order valence-electron chi connectivity index (χ1n) is 11.8. The molecule has 188 valence electrons. The molecule has 0 aromatic carbocycles. The highest BCUT2D eigenvalue weighted by Crippen LogP contribution is 2.38. The van der Waals surface area contributed by atoms with E-state index in [1.165, 1.54) is 0 Å². The molecule has 0 fully saturated rings. The van der Waals surface area contributed by atoms with Crippen LogP contribution in [0.2, 0.25) is 0 Å². The Kier molecular flexibility index (Phi) is 6.63. The van der Waals surface area contributed by atoms with Gasteiger partial charge in [0.25, 0.3) is 5.79 Å². The van der Waals surface area contributed by atoms with Crippen molar-refractivity contribution in [3.05, 3.63) is 52.4 Å². The van der Waals surface area contributed by atoms with Gasteiger partial charge in [0.05, 0.1) is 17.1 Å². The van der Waals surface area contributed by atoms with Crippen LogP contribution < -0.4 is 0 Å². The number of hydrogen-bond donors (Lipinski definition) is 0. The van der Waals surface area contributed by atoms with Crippen molar-refractivity contribution < 1.29 is 0 Å². The summed E-state index contributed by atoms with van der Waals surface area (Å²) in [5, 5.41) is 15.2. The number of hydrogen-bond acceptors (Lipinski definition) is 3. The monoisotopic (exact) mass is 506 g/mol. The van der Waals surface area contributed by atoms with E-state index in [2.05, 4.69) is 80.5 Å². The SMILES string of the molecule is Cc1cc(C(C)(C)C)nn1C(C(Cl)Cl)(n1nc(C(C)(C)C)cc1C)n1nc(C(C)(C)C)cc1C. The highest BCUT2D eigenvalue weighted by Gasteiger charge is 2.49. The second-order valence-corrected chi connectivity index (χ2v) is 13.6. The molecule has 34 heavy (non-hydrogen) atoms. The van der Waals surface area contributed by atoms with Crippen LogP contribution in [0.3, 0.4) is 0 Å². The lowest BCUT2D eigenvalue weighted by Crippen LogP contribution is -2.56. The summed E-state index contributed by atoms with van der Waals surface area (Å²) < 4.78 is 5.70. The Hall–Kier alpha value is -1.79. The third-order valence-corrected chi connectivity index (χ3v) is 6.78. The molecule has 0 atom stereocenters. The first-order valence-corrected chi connectivity index (χ1v) is 12.7. The Morgan fingerprint density at radius 2 is 0.794 bits per heavy atom. The van der Waals surface area contributed by atoms with Crippen molar-refractivity contribution in [2.24, 2.45) is 0 Å². The van der Waals surface area contributed by atoms with Gasteiger partial charge in [-0.25, -0.2) is 14.0 Å².